The molecule has 0 N–H and O–H groups in total. The number of likely N-dealkylation sites (N-methyl/N-ethyl adjacent to an activating group) is 1. The molecule has 0 aromatic heterocycles. The van der Waals surface area contributed by atoms with Crippen molar-refractivity contribution in [1.29, 1.82) is 0 Å². The summed E-state index contributed by atoms with van der Waals surface area (Å²) in [6.07, 6.45) is 0. The van der Waals surface area contributed by atoms with E-state index in [-0.39, 0.29) is 17.7 Å². The van der Waals surface area contributed by atoms with Crippen molar-refractivity contribution in [3.05, 3.63) is 0 Å². The standard InChI is InChI=1S/C11H20N2O2/c1-8(9(2)14)13-7-6-12(5)10(15)11(13,3)4/h8H,6-7H2,1-5H3. The Hall–Kier alpha value is -0.900. The number of ketones is 1. The van der Waals surface area contributed by atoms with Gasteiger partial charge in [0, 0.05) is 20.1 Å². The Morgan fingerprint density at radius 1 is 1.40 bits per heavy atom. The zero-order valence-corrected chi connectivity index (χ0v) is 10.2. The number of carbonyl (C=O) groups is 2. The van der Waals surface area contributed by atoms with Crippen LogP contribution in [0.4, 0.5) is 0 Å². The van der Waals surface area contributed by atoms with Gasteiger partial charge in [-0.2, -0.15) is 0 Å². The molecule has 0 aliphatic carbocycles. The molecule has 0 spiro atoms. The van der Waals surface area contributed by atoms with Crippen LogP contribution >= 0.6 is 0 Å². The molecule has 1 heterocycles. The molecule has 0 aromatic rings. The van der Waals surface area contributed by atoms with Gasteiger partial charge in [-0.05, 0) is 27.7 Å². The van der Waals surface area contributed by atoms with E-state index in [0.717, 1.165) is 6.54 Å². The van der Waals surface area contributed by atoms with E-state index in [9.17, 15) is 9.59 Å². The number of rotatable bonds is 2. The van der Waals surface area contributed by atoms with E-state index in [4.69, 9.17) is 0 Å². The van der Waals surface area contributed by atoms with Gasteiger partial charge in [-0.25, -0.2) is 0 Å². The minimum Gasteiger partial charge on any atom is -0.343 e. The van der Waals surface area contributed by atoms with Crippen LogP contribution in [-0.2, 0) is 9.59 Å². The normalized spacial score (nSPS) is 24.1. The Labute approximate surface area is 91.2 Å². The fraction of sp³-hybridized carbons (Fsp3) is 0.818. The molecule has 1 fully saturated rings. The third kappa shape index (κ3) is 2.04. The van der Waals surface area contributed by atoms with Gasteiger partial charge in [0.25, 0.3) is 0 Å². The Kier molecular flexibility index (Phi) is 3.19. The van der Waals surface area contributed by atoms with E-state index >= 15 is 0 Å². The van der Waals surface area contributed by atoms with E-state index in [0.29, 0.717) is 6.54 Å². The minimum absolute atomic E-state index is 0.0850. The molecule has 1 aliphatic rings. The van der Waals surface area contributed by atoms with E-state index < -0.39 is 5.54 Å². The average molecular weight is 212 g/mol. The first-order chi connectivity index (χ1) is 6.78. The fourth-order valence-electron chi connectivity index (χ4n) is 2.13. The Morgan fingerprint density at radius 2 is 1.93 bits per heavy atom. The summed E-state index contributed by atoms with van der Waals surface area (Å²) >= 11 is 0. The van der Waals surface area contributed by atoms with E-state index in [1.54, 1.807) is 18.9 Å². The van der Waals surface area contributed by atoms with Gasteiger partial charge < -0.3 is 4.90 Å². The van der Waals surface area contributed by atoms with Gasteiger partial charge in [0.05, 0.1) is 11.6 Å². The molecule has 0 radical (unpaired) electrons. The second-order valence-electron chi connectivity index (χ2n) is 4.77. The second-order valence-corrected chi connectivity index (χ2v) is 4.77. The maximum atomic E-state index is 12.0. The van der Waals surface area contributed by atoms with Crippen LogP contribution in [0.25, 0.3) is 0 Å². The average Bonchev–Trinajstić information content (AvgIpc) is 2.13. The molecule has 1 saturated heterocycles. The largest absolute Gasteiger partial charge is 0.343 e. The fourth-order valence-corrected chi connectivity index (χ4v) is 2.13. The monoisotopic (exact) mass is 212 g/mol. The number of hydrogen-bond acceptors (Lipinski definition) is 3. The summed E-state index contributed by atoms with van der Waals surface area (Å²) in [5.41, 5.74) is -0.571. The lowest BCUT2D eigenvalue weighted by Crippen LogP contribution is -2.65. The van der Waals surface area contributed by atoms with Crippen LogP contribution in [0.1, 0.15) is 27.7 Å². The second kappa shape index (κ2) is 3.93. The van der Waals surface area contributed by atoms with Crippen LogP contribution in [0.15, 0.2) is 0 Å². The molecule has 1 rings (SSSR count). The number of carbonyl (C=O) groups excluding carboxylic acids is 2. The van der Waals surface area contributed by atoms with Crippen LogP contribution in [0, 0.1) is 0 Å². The molecule has 0 aromatic carbocycles. The zero-order chi connectivity index (χ0) is 11.8. The number of amides is 1. The molecule has 86 valence electrons. The van der Waals surface area contributed by atoms with Gasteiger partial charge in [-0.1, -0.05) is 0 Å². The summed E-state index contributed by atoms with van der Waals surface area (Å²) in [5, 5.41) is 0. The Morgan fingerprint density at radius 3 is 2.40 bits per heavy atom. The van der Waals surface area contributed by atoms with Crippen molar-refractivity contribution >= 4 is 11.7 Å². The number of hydrogen-bond donors (Lipinski definition) is 0. The van der Waals surface area contributed by atoms with E-state index in [1.165, 1.54) is 0 Å². The third-order valence-electron chi connectivity index (χ3n) is 3.32. The Balaban J connectivity index is 2.92. The highest BCUT2D eigenvalue weighted by atomic mass is 16.2. The van der Waals surface area contributed by atoms with Crippen molar-refractivity contribution in [3.8, 4) is 0 Å². The molecule has 0 saturated carbocycles. The number of nitrogens with zero attached hydrogens (tertiary/aromatic N) is 2. The summed E-state index contributed by atoms with van der Waals surface area (Å²) in [4.78, 5) is 27.0. The molecule has 4 nitrogen and oxygen atoms in total. The lowest BCUT2D eigenvalue weighted by atomic mass is 9.95. The van der Waals surface area contributed by atoms with Crippen molar-refractivity contribution in [2.24, 2.45) is 0 Å². The van der Waals surface area contributed by atoms with Crippen LogP contribution in [0.5, 0.6) is 0 Å². The van der Waals surface area contributed by atoms with Crippen LogP contribution < -0.4 is 0 Å². The maximum absolute atomic E-state index is 12.0. The number of Topliss-reactive ketones (excluding diaryl/α,β-unsaturated/α-hetero) is 1. The van der Waals surface area contributed by atoms with Gasteiger partial charge in [0.2, 0.25) is 5.91 Å². The van der Waals surface area contributed by atoms with Gasteiger partial charge in [-0.15, -0.1) is 0 Å². The maximum Gasteiger partial charge on any atom is 0.242 e. The predicted molar refractivity (Wildman–Crippen MR) is 58.6 cm³/mol. The molecule has 1 amide bonds. The molecule has 15 heavy (non-hydrogen) atoms. The molecular formula is C11H20N2O2. The quantitative estimate of drug-likeness (QED) is 0.670. The molecule has 1 unspecified atom stereocenters. The highest BCUT2D eigenvalue weighted by Gasteiger charge is 2.43. The third-order valence-corrected chi connectivity index (χ3v) is 3.32. The van der Waals surface area contributed by atoms with Crippen molar-refractivity contribution < 1.29 is 9.59 Å². The summed E-state index contributed by atoms with van der Waals surface area (Å²) in [7, 11) is 1.81. The lowest BCUT2D eigenvalue weighted by molar-refractivity contribution is -0.151. The highest BCUT2D eigenvalue weighted by Crippen LogP contribution is 2.24. The topological polar surface area (TPSA) is 40.6 Å². The van der Waals surface area contributed by atoms with Gasteiger partial charge >= 0.3 is 0 Å². The first kappa shape index (κ1) is 12.2. The Bertz CT molecular complexity index is 286. The predicted octanol–water partition coefficient (Wildman–Crippen LogP) is 0.517. The van der Waals surface area contributed by atoms with Crippen molar-refractivity contribution in [2.45, 2.75) is 39.3 Å². The van der Waals surface area contributed by atoms with Crippen molar-refractivity contribution in [2.75, 3.05) is 20.1 Å². The van der Waals surface area contributed by atoms with Crippen LogP contribution in [0.2, 0.25) is 0 Å². The number of piperazine rings is 1. The summed E-state index contributed by atoms with van der Waals surface area (Å²) in [5.74, 6) is 0.197. The van der Waals surface area contributed by atoms with Crippen molar-refractivity contribution in [1.82, 2.24) is 9.80 Å². The van der Waals surface area contributed by atoms with Crippen LogP contribution in [-0.4, -0.2) is 53.2 Å². The first-order valence-corrected chi connectivity index (χ1v) is 5.31. The van der Waals surface area contributed by atoms with Gasteiger partial charge in [-0.3, -0.25) is 14.5 Å². The smallest absolute Gasteiger partial charge is 0.242 e. The van der Waals surface area contributed by atoms with E-state index in [2.05, 4.69) is 0 Å². The summed E-state index contributed by atoms with van der Waals surface area (Å²) in [6, 6.07) is -0.183. The molecule has 4 heteroatoms. The SMILES string of the molecule is CC(=O)C(C)N1CCN(C)C(=O)C1(C)C. The summed E-state index contributed by atoms with van der Waals surface area (Å²) < 4.78 is 0. The molecule has 1 atom stereocenters. The van der Waals surface area contributed by atoms with Gasteiger partial charge in [0.15, 0.2) is 0 Å². The minimum atomic E-state index is -0.571. The zero-order valence-electron chi connectivity index (χ0n) is 10.2. The summed E-state index contributed by atoms with van der Waals surface area (Å²) in [6.45, 7) is 8.65. The van der Waals surface area contributed by atoms with Crippen molar-refractivity contribution in [3.63, 3.8) is 0 Å². The lowest BCUT2D eigenvalue weighted by Gasteiger charge is -2.46. The van der Waals surface area contributed by atoms with Crippen LogP contribution in [0.3, 0.4) is 0 Å². The molecule has 0 bridgehead atoms. The molecule has 1 aliphatic heterocycles. The van der Waals surface area contributed by atoms with E-state index in [1.807, 2.05) is 25.7 Å². The first-order valence-electron chi connectivity index (χ1n) is 5.31. The van der Waals surface area contributed by atoms with Gasteiger partial charge in [0.1, 0.15) is 5.78 Å². The molecular weight excluding hydrogens is 192 g/mol. The highest BCUT2D eigenvalue weighted by molar-refractivity contribution is 5.88.